The summed E-state index contributed by atoms with van der Waals surface area (Å²) in [4.78, 5) is 36.7. The van der Waals surface area contributed by atoms with E-state index < -0.39 is 29.9 Å². The number of hydrogen-bond donors (Lipinski definition) is 3. The summed E-state index contributed by atoms with van der Waals surface area (Å²) in [6, 6.07) is 8.67. The van der Waals surface area contributed by atoms with Crippen LogP contribution in [0.3, 0.4) is 0 Å². The van der Waals surface area contributed by atoms with Crippen LogP contribution in [0.5, 0.6) is 0 Å². The monoisotopic (exact) mass is 319 g/mol. The van der Waals surface area contributed by atoms with Crippen LogP contribution in [-0.2, 0) is 20.8 Å². The fraction of sp³-hybridized carbons (Fsp3) is 0.438. The first-order chi connectivity index (χ1) is 10.9. The van der Waals surface area contributed by atoms with Crippen LogP contribution in [0.4, 0.5) is 0 Å². The Kier molecular flexibility index (Phi) is 5.00. The van der Waals surface area contributed by atoms with E-state index in [1.807, 2.05) is 30.3 Å². The number of carbonyl (C=O) groups is 3. The van der Waals surface area contributed by atoms with Crippen molar-refractivity contribution >= 4 is 17.7 Å². The van der Waals surface area contributed by atoms with Gasteiger partial charge in [0.15, 0.2) is 0 Å². The highest BCUT2D eigenvalue weighted by Crippen LogP contribution is 2.34. The highest BCUT2D eigenvalue weighted by molar-refractivity contribution is 5.92. The first kappa shape index (κ1) is 17.0. The molecule has 1 aliphatic heterocycles. The van der Waals surface area contributed by atoms with E-state index in [-0.39, 0.29) is 19.0 Å². The molecule has 2 rings (SSSR count). The van der Waals surface area contributed by atoms with E-state index in [2.05, 4.69) is 5.32 Å². The normalized spacial score (nSPS) is 17.0. The quantitative estimate of drug-likeness (QED) is 0.627. The number of carbonyl (C=O) groups excluding carboxylic acids is 3. The first-order valence-electron chi connectivity index (χ1n) is 7.41. The summed E-state index contributed by atoms with van der Waals surface area (Å²) < 4.78 is 0. The molecule has 4 N–H and O–H groups in total. The first-order valence-corrected chi connectivity index (χ1v) is 7.41. The minimum Gasteiger partial charge on any atom is -0.387 e. The van der Waals surface area contributed by atoms with Gasteiger partial charge in [-0.2, -0.15) is 0 Å². The van der Waals surface area contributed by atoms with Gasteiger partial charge in [-0.05, 0) is 18.9 Å². The lowest BCUT2D eigenvalue weighted by molar-refractivity contribution is -0.156. The van der Waals surface area contributed by atoms with Gasteiger partial charge in [-0.1, -0.05) is 30.3 Å². The summed E-state index contributed by atoms with van der Waals surface area (Å²) in [6.07, 6.45) is 0.445. The van der Waals surface area contributed by atoms with Gasteiger partial charge in [0.05, 0.1) is 5.41 Å². The van der Waals surface area contributed by atoms with Crippen LogP contribution in [-0.4, -0.2) is 53.5 Å². The van der Waals surface area contributed by atoms with Crippen LogP contribution < -0.4 is 11.1 Å². The van der Waals surface area contributed by atoms with Crippen molar-refractivity contribution in [2.24, 2.45) is 11.1 Å². The van der Waals surface area contributed by atoms with Crippen molar-refractivity contribution in [3.8, 4) is 0 Å². The predicted molar refractivity (Wildman–Crippen MR) is 83.0 cm³/mol. The Morgan fingerprint density at radius 3 is 2.43 bits per heavy atom. The largest absolute Gasteiger partial charge is 0.387 e. The number of nitrogens with zero attached hydrogens (tertiary/aromatic N) is 1. The average Bonchev–Trinajstić information content (AvgIpc) is 2.50. The number of rotatable bonds is 6. The maximum Gasteiger partial charge on any atom is 0.248 e. The van der Waals surface area contributed by atoms with Crippen molar-refractivity contribution in [2.45, 2.75) is 19.4 Å². The van der Waals surface area contributed by atoms with Crippen molar-refractivity contribution in [2.75, 3.05) is 19.7 Å². The molecule has 1 saturated heterocycles. The number of aliphatic hydroxyl groups is 1. The minimum atomic E-state index is -0.810. The molecule has 1 fully saturated rings. The molecule has 1 aliphatic rings. The average molecular weight is 319 g/mol. The van der Waals surface area contributed by atoms with E-state index >= 15 is 0 Å². The number of nitrogens with one attached hydrogen (secondary N) is 1. The number of hydrogen-bond acceptors (Lipinski definition) is 4. The zero-order chi connectivity index (χ0) is 17.0. The number of primary amides is 1. The molecule has 1 aromatic carbocycles. The molecule has 1 aromatic rings. The Morgan fingerprint density at radius 1 is 1.30 bits per heavy atom. The molecule has 0 radical (unpaired) electrons. The fourth-order valence-corrected chi connectivity index (χ4v) is 2.70. The van der Waals surface area contributed by atoms with Gasteiger partial charge in [0, 0.05) is 13.1 Å². The second kappa shape index (κ2) is 6.78. The summed E-state index contributed by atoms with van der Waals surface area (Å²) in [5.41, 5.74) is 5.34. The van der Waals surface area contributed by atoms with E-state index in [0.717, 1.165) is 5.56 Å². The number of benzene rings is 1. The van der Waals surface area contributed by atoms with Crippen LogP contribution in [0.1, 0.15) is 12.5 Å². The van der Waals surface area contributed by atoms with Gasteiger partial charge in [0.2, 0.25) is 17.7 Å². The minimum absolute atomic E-state index is 0.207. The van der Waals surface area contributed by atoms with Crippen molar-refractivity contribution < 1.29 is 19.5 Å². The molecular weight excluding hydrogens is 298 g/mol. The molecule has 124 valence electrons. The molecule has 0 unspecified atom stereocenters. The SMILES string of the molecule is C[C@H](NC(=O)C1(Cc2ccccc2)CN(C(=O)CO)C1)C(N)=O. The zero-order valence-corrected chi connectivity index (χ0v) is 13.0. The van der Waals surface area contributed by atoms with Crippen LogP contribution in [0, 0.1) is 5.41 Å². The predicted octanol–water partition coefficient (Wildman–Crippen LogP) is -0.960. The number of amides is 3. The van der Waals surface area contributed by atoms with E-state index in [1.54, 1.807) is 0 Å². The van der Waals surface area contributed by atoms with E-state index in [0.29, 0.717) is 6.42 Å². The van der Waals surface area contributed by atoms with Crippen LogP contribution in [0.25, 0.3) is 0 Å². The number of aliphatic hydroxyl groups excluding tert-OH is 1. The lowest BCUT2D eigenvalue weighted by atomic mass is 9.73. The van der Waals surface area contributed by atoms with Crippen molar-refractivity contribution in [1.29, 1.82) is 0 Å². The number of likely N-dealkylation sites (tertiary alicyclic amines) is 1. The van der Waals surface area contributed by atoms with Gasteiger partial charge >= 0.3 is 0 Å². The molecule has 0 aliphatic carbocycles. The maximum absolute atomic E-state index is 12.6. The molecule has 1 heterocycles. The molecule has 7 heteroatoms. The van der Waals surface area contributed by atoms with E-state index in [4.69, 9.17) is 10.8 Å². The van der Waals surface area contributed by atoms with Gasteiger partial charge in [-0.15, -0.1) is 0 Å². The number of nitrogens with two attached hydrogens (primary N) is 1. The Bertz CT molecular complexity index is 597. The van der Waals surface area contributed by atoms with Crippen LogP contribution >= 0.6 is 0 Å². The second-order valence-corrected chi connectivity index (χ2v) is 5.95. The molecule has 3 amide bonds. The summed E-state index contributed by atoms with van der Waals surface area (Å²) in [5.74, 6) is -1.34. The lowest BCUT2D eigenvalue weighted by Gasteiger charge is -2.49. The van der Waals surface area contributed by atoms with E-state index in [1.165, 1.54) is 11.8 Å². The third-order valence-electron chi connectivity index (χ3n) is 4.12. The van der Waals surface area contributed by atoms with Gasteiger partial charge in [0.25, 0.3) is 0 Å². The van der Waals surface area contributed by atoms with Gasteiger partial charge < -0.3 is 21.1 Å². The molecule has 0 aromatic heterocycles. The Balaban J connectivity index is 2.14. The summed E-state index contributed by atoms with van der Waals surface area (Å²) in [6.45, 7) is 1.35. The molecule has 7 nitrogen and oxygen atoms in total. The summed E-state index contributed by atoms with van der Waals surface area (Å²) in [7, 11) is 0. The third kappa shape index (κ3) is 3.68. The highest BCUT2D eigenvalue weighted by Gasteiger charge is 2.51. The standard InChI is InChI=1S/C16H21N3O4/c1-11(14(17)22)18-15(23)16(7-12-5-3-2-4-6-12)9-19(10-16)13(21)8-20/h2-6,11,20H,7-10H2,1H3,(H2,17,22)(H,18,23)/t11-/m0/s1. The molecule has 0 bridgehead atoms. The van der Waals surface area contributed by atoms with Gasteiger partial charge in [-0.25, -0.2) is 0 Å². The van der Waals surface area contributed by atoms with Crippen LogP contribution in [0.15, 0.2) is 30.3 Å². The second-order valence-electron chi connectivity index (χ2n) is 5.95. The topological polar surface area (TPSA) is 113 Å². The van der Waals surface area contributed by atoms with Crippen molar-refractivity contribution in [1.82, 2.24) is 10.2 Å². The van der Waals surface area contributed by atoms with E-state index in [9.17, 15) is 14.4 Å². The highest BCUT2D eigenvalue weighted by atomic mass is 16.3. The molecule has 0 saturated carbocycles. The molecule has 0 spiro atoms. The summed E-state index contributed by atoms with van der Waals surface area (Å²) >= 11 is 0. The zero-order valence-electron chi connectivity index (χ0n) is 13.0. The summed E-state index contributed by atoms with van der Waals surface area (Å²) in [5, 5.41) is 11.5. The van der Waals surface area contributed by atoms with Crippen molar-refractivity contribution in [3.63, 3.8) is 0 Å². The lowest BCUT2D eigenvalue weighted by Crippen LogP contribution is -2.67. The molecule has 23 heavy (non-hydrogen) atoms. The van der Waals surface area contributed by atoms with Gasteiger partial charge in [-0.3, -0.25) is 14.4 Å². The van der Waals surface area contributed by atoms with Crippen LogP contribution in [0.2, 0.25) is 0 Å². The Morgan fingerprint density at radius 2 is 1.91 bits per heavy atom. The van der Waals surface area contributed by atoms with Crippen molar-refractivity contribution in [3.05, 3.63) is 35.9 Å². The van der Waals surface area contributed by atoms with Gasteiger partial charge in [0.1, 0.15) is 12.6 Å². The molecule has 1 atom stereocenters. The maximum atomic E-state index is 12.6. The molecular formula is C16H21N3O4. The Labute approximate surface area is 134 Å². The smallest absolute Gasteiger partial charge is 0.248 e. The third-order valence-corrected chi connectivity index (χ3v) is 4.12. The fourth-order valence-electron chi connectivity index (χ4n) is 2.70. The Hall–Kier alpha value is -2.41.